The molecule has 0 spiro atoms. The fourth-order valence-corrected chi connectivity index (χ4v) is 1.96. The first kappa shape index (κ1) is 12.4. The monoisotopic (exact) mass is 265 g/mol. The molecule has 0 aliphatic heterocycles. The summed E-state index contributed by atoms with van der Waals surface area (Å²) < 4.78 is 7.85. The quantitative estimate of drug-likeness (QED) is 0.712. The Kier molecular flexibility index (Phi) is 3.73. The minimum absolute atomic E-state index is 0.545. The molecule has 4 nitrogen and oxygen atoms in total. The minimum Gasteiger partial charge on any atom is -0.487 e. The summed E-state index contributed by atoms with van der Waals surface area (Å²) in [6, 6.07) is 13.9. The van der Waals surface area contributed by atoms with Crippen LogP contribution in [0.25, 0.3) is 0 Å². The molecule has 0 saturated heterocycles. The molecule has 0 atom stereocenters. The van der Waals surface area contributed by atoms with Crippen LogP contribution >= 0.6 is 0 Å². The third-order valence-corrected chi connectivity index (χ3v) is 2.98. The number of rotatable bonds is 5. The van der Waals surface area contributed by atoms with E-state index in [1.807, 2.05) is 53.2 Å². The van der Waals surface area contributed by atoms with Gasteiger partial charge < -0.3 is 9.30 Å². The number of pyridine rings is 1. The van der Waals surface area contributed by atoms with E-state index in [2.05, 4.69) is 9.97 Å². The second-order valence-corrected chi connectivity index (χ2v) is 4.46. The Labute approximate surface area is 117 Å². The summed E-state index contributed by atoms with van der Waals surface area (Å²) in [5.41, 5.74) is 2.05. The molecule has 0 saturated carbocycles. The van der Waals surface area contributed by atoms with Crippen molar-refractivity contribution in [1.29, 1.82) is 0 Å². The third kappa shape index (κ3) is 3.03. The van der Waals surface area contributed by atoms with Gasteiger partial charge in [0, 0.05) is 18.6 Å². The SMILES string of the molecule is c1ccc(COc2cccnc2Cn2ccnc2)cc1. The number of nitrogens with zero attached hydrogens (tertiary/aromatic N) is 3. The number of hydrogen-bond donors (Lipinski definition) is 0. The van der Waals surface area contributed by atoms with Gasteiger partial charge in [0.2, 0.25) is 0 Å². The van der Waals surface area contributed by atoms with E-state index in [0.717, 1.165) is 17.0 Å². The maximum absolute atomic E-state index is 5.88. The predicted molar refractivity (Wildman–Crippen MR) is 76.3 cm³/mol. The lowest BCUT2D eigenvalue weighted by atomic mass is 10.2. The van der Waals surface area contributed by atoms with Crippen molar-refractivity contribution in [3.63, 3.8) is 0 Å². The molecule has 0 amide bonds. The molecule has 0 aliphatic carbocycles. The van der Waals surface area contributed by atoms with Gasteiger partial charge in [0.25, 0.3) is 0 Å². The molecular formula is C16H15N3O. The first-order valence-electron chi connectivity index (χ1n) is 6.48. The maximum Gasteiger partial charge on any atom is 0.143 e. The van der Waals surface area contributed by atoms with Gasteiger partial charge in [0.05, 0.1) is 12.9 Å². The summed E-state index contributed by atoms with van der Waals surface area (Å²) in [7, 11) is 0. The average molecular weight is 265 g/mol. The summed E-state index contributed by atoms with van der Waals surface area (Å²) in [5, 5.41) is 0. The van der Waals surface area contributed by atoms with Crippen molar-refractivity contribution in [3.05, 3.63) is 78.6 Å². The number of benzene rings is 1. The van der Waals surface area contributed by atoms with Gasteiger partial charge in [-0.3, -0.25) is 4.98 Å². The van der Waals surface area contributed by atoms with Gasteiger partial charge in [0.15, 0.2) is 0 Å². The van der Waals surface area contributed by atoms with Gasteiger partial charge in [-0.05, 0) is 17.7 Å². The van der Waals surface area contributed by atoms with E-state index in [1.54, 1.807) is 18.7 Å². The normalized spacial score (nSPS) is 10.4. The summed E-state index contributed by atoms with van der Waals surface area (Å²) in [6.45, 7) is 1.20. The lowest BCUT2D eigenvalue weighted by Gasteiger charge is -2.11. The van der Waals surface area contributed by atoms with Crippen LogP contribution in [-0.2, 0) is 13.2 Å². The lowest BCUT2D eigenvalue weighted by molar-refractivity contribution is 0.300. The molecule has 4 heteroatoms. The van der Waals surface area contributed by atoms with E-state index in [1.165, 1.54) is 0 Å². The predicted octanol–water partition coefficient (Wildman–Crippen LogP) is 2.91. The third-order valence-electron chi connectivity index (χ3n) is 2.98. The highest BCUT2D eigenvalue weighted by molar-refractivity contribution is 5.27. The van der Waals surface area contributed by atoms with Crippen LogP contribution in [0.4, 0.5) is 0 Å². The Balaban J connectivity index is 1.73. The highest BCUT2D eigenvalue weighted by Gasteiger charge is 2.05. The Bertz CT molecular complexity index is 651. The number of hydrogen-bond acceptors (Lipinski definition) is 3. The minimum atomic E-state index is 0.545. The zero-order valence-electron chi connectivity index (χ0n) is 11.0. The molecule has 3 aromatic rings. The van der Waals surface area contributed by atoms with Gasteiger partial charge in [-0.25, -0.2) is 4.98 Å². The molecular weight excluding hydrogens is 250 g/mol. The van der Waals surface area contributed by atoms with Crippen LogP contribution in [0.3, 0.4) is 0 Å². The van der Waals surface area contributed by atoms with Crippen molar-refractivity contribution in [2.75, 3.05) is 0 Å². The van der Waals surface area contributed by atoms with Crippen LogP contribution < -0.4 is 4.74 Å². The molecule has 0 N–H and O–H groups in total. The fraction of sp³-hybridized carbons (Fsp3) is 0.125. The number of imidazole rings is 1. The molecule has 0 fully saturated rings. The lowest BCUT2D eigenvalue weighted by Crippen LogP contribution is -2.04. The molecule has 0 aliphatic rings. The highest BCUT2D eigenvalue weighted by Crippen LogP contribution is 2.18. The van der Waals surface area contributed by atoms with Crippen molar-refractivity contribution in [2.45, 2.75) is 13.2 Å². The van der Waals surface area contributed by atoms with Crippen LogP contribution in [-0.4, -0.2) is 14.5 Å². The Hall–Kier alpha value is -2.62. The van der Waals surface area contributed by atoms with E-state index >= 15 is 0 Å². The molecule has 20 heavy (non-hydrogen) atoms. The zero-order chi connectivity index (χ0) is 13.6. The molecule has 2 heterocycles. The summed E-state index contributed by atoms with van der Waals surface area (Å²) in [4.78, 5) is 8.43. The van der Waals surface area contributed by atoms with Crippen LogP contribution in [0, 0.1) is 0 Å². The van der Waals surface area contributed by atoms with E-state index in [9.17, 15) is 0 Å². The zero-order valence-corrected chi connectivity index (χ0v) is 11.0. The highest BCUT2D eigenvalue weighted by atomic mass is 16.5. The second-order valence-electron chi connectivity index (χ2n) is 4.46. The topological polar surface area (TPSA) is 39.9 Å². The summed E-state index contributed by atoms with van der Waals surface area (Å²) >= 11 is 0. The van der Waals surface area contributed by atoms with Crippen LogP contribution in [0.1, 0.15) is 11.3 Å². The molecule has 100 valence electrons. The largest absolute Gasteiger partial charge is 0.487 e. The number of aromatic nitrogens is 3. The molecule has 0 bridgehead atoms. The van der Waals surface area contributed by atoms with Crippen LogP contribution in [0.2, 0.25) is 0 Å². The molecule has 2 aromatic heterocycles. The first-order chi connectivity index (χ1) is 9.92. The van der Waals surface area contributed by atoms with E-state index in [-0.39, 0.29) is 0 Å². The van der Waals surface area contributed by atoms with E-state index < -0.39 is 0 Å². The molecule has 0 unspecified atom stereocenters. The van der Waals surface area contributed by atoms with Crippen molar-refractivity contribution < 1.29 is 4.74 Å². The maximum atomic E-state index is 5.88. The van der Waals surface area contributed by atoms with Crippen molar-refractivity contribution in [3.8, 4) is 5.75 Å². The fourth-order valence-electron chi connectivity index (χ4n) is 1.96. The summed E-state index contributed by atoms with van der Waals surface area (Å²) in [6.07, 6.45) is 7.22. The van der Waals surface area contributed by atoms with E-state index in [4.69, 9.17) is 4.74 Å². The Morgan fingerprint density at radius 3 is 2.70 bits per heavy atom. The Morgan fingerprint density at radius 1 is 1.00 bits per heavy atom. The standard InChI is InChI=1S/C16H15N3O/c1-2-5-14(6-3-1)12-20-16-7-4-8-18-15(16)11-19-10-9-17-13-19/h1-10,13H,11-12H2. The van der Waals surface area contributed by atoms with Crippen LogP contribution in [0.15, 0.2) is 67.4 Å². The van der Waals surface area contributed by atoms with Crippen LogP contribution in [0.5, 0.6) is 5.75 Å². The van der Waals surface area contributed by atoms with Gasteiger partial charge in [-0.1, -0.05) is 30.3 Å². The average Bonchev–Trinajstić information content (AvgIpc) is 3.00. The van der Waals surface area contributed by atoms with Crippen molar-refractivity contribution in [1.82, 2.24) is 14.5 Å². The number of ether oxygens (including phenoxy) is 1. The smallest absolute Gasteiger partial charge is 0.143 e. The second kappa shape index (κ2) is 6.02. The van der Waals surface area contributed by atoms with Crippen molar-refractivity contribution >= 4 is 0 Å². The van der Waals surface area contributed by atoms with Crippen molar-refractivity contribution in [2.24, 2.45) is 0 Å². The molecule has 3 rings (SSSR count). The Morgan fingerprint density at radius 2 is 1.90 bits per heavy atom. The van der Waals surface area contributed by atoms with E-state index in [0.29, 0.717) is 13.2 Å². The molecule has 0 radical (unpaired) electrons. The first-order valence-corrected chi connectivity index (χ1v) is 6.48. The summed E-state index contributed by atoms with van der Waals surface area (Å²) in [5.74, 6) is 0.810. The van der Waals surface area contributed by atoms with Gasteiger partial charge in [0.1, 0.15) is 18.1 Å². The van der Waals surface area contributed by atoms with Gasteiger partial charge in [-0.15, -0.1) is 0 Å². The van der Waals surface area contributed by atoms with Gasteiger partial charge in [-0.2, -0.15) is 0 Å². The molecule has 1 aromatic carbocycles. The van der Waals surface area contributed by atoms with Gasteiger partial charge >= 0.3 is 0 Å².